The number of nitrogens with zero attached hydrogens (tertiary/aromatic N) is 3. The zero-order valence-electron chi connectivity index (χ0n) is 9.90. The molecule has 0 spiro atoms. The summed E-state index contributed by atoms with van der Waals surface area (Å²) in [6, 6.07) is 0.904. The largest absolute Gasteiger partial charge is 0.379 e. The third kappa shape index (κ3) is 5.44. The Morgan fingerprint density at radius 3 is 2.78 bits per heavy atom. The third-order valence-electron chi connectivity index (χ3n) is 1.96. The van der Waals surface area contributed by atoms with Gasteiger partial charge in [0.15, 0.2) is 0 Å². The highest BCUT2D eigenvalue weighted by atomic mass is 31.2. The highest BCUT2D eigenvalue weighted by Crippen LogP contribution is 2.37. The van der Waals surface area contributed by atoms with Crippen LogP contribution in [0.2, 0.25) is 0 Å². The first kappa shape index (κ1) is 14.9. The average Bonchev–Trinajstić information content (AvgIpc) is 2.28. The molecule has 0 aromatic rings. The minimum atomic E-state index is -3.89. The Kier molecular flexibility index (Phi) is 5.53. The van der Waals surface area contributed by atoms with E-state index in [0.717, 1.165) is 6.66 Å². The summed E-state index contributed by atoms with van der Waals surface area (Å²) in [5.74, 6) is 0. The topological polar surface area (TPSA) is 115 Å². The smallest absolute Gasteiger partial charge is 0.357 e. The van der Waals surface area contributed by atoms with Gasteiger partial charge in [-0.25, -0.2) is 9.80 Å². The molecular formula is C8H15N4O5P. The number of urea groups is 1. The summed E-state index contributed by atoms with van der Waals surface area (Å²) in [6.07, 6.45) is 0. The summed E-state index contributed by atoms with van der Waals surface area (Å²) < 4.78 is 20.7. The van der Waals surface area contributed by atoms with Crippen molar-refractivity contribution < 1.29 is 23.6 Å². The Hall–Kier alpha value is -1.17. The van der Waals surface area contributed by atoms with Crippen LogP contribution >= 0.6 is 7.60 Å². The van der Waals surface area contributed by atoms with Crippen LogP contribution in [0.15, 0.2) is 0 Å². The lowest BCUT2D eigenvalue weighted by Crippen LogP contribution is -2.52. The lowest BCUT2D eigenvalue weighted by molar-refractivity contribution is -0.0315. The monoisotopic (exact) mass is 278 g/mol. The molecule has 1 saturated heterocycles. The quantitative estimate of drug-likeness (QED) is 0.405. The fraction of sp³-hybridized carbons (Fsp3) is 0.750. The van der Waals surface area contributed by atoms with Gasteiger partial charge in [-0.3, -0.25) is 9.99 Å². The van der Waals surface area contributed by atoms with Crippen LogP contribution in [0.25, 0.3) is 0 Å². The van der Waals surface area contributed by atoms with Gasteiger partial charge in [0.25, 0.3) is 0 Å². The minimum absolute atomic E-state index is 0.450. The molecular weight excluding hydrogens is 263 g/mol. The second-order valence-corrected chi connectivity index (χ2v) is 5.37. The molecule has 9 nitrogen and oxygen atoms in total. The van der Waals surface area contributed by atoms with Crippen LogP contribution in [-0.2, 0) is 13.9 Å². The molecule has 10 heteroatoms. The Labute approximate surface area is 104 Å². The van der Waals surface area contributed by atoms with E-state index in [2.05, 4.69) is 10.1 Å². The number of hydrogen-bond acceptors (Lipinski definition) is 6. The molecule has 1 rings (SSSR count). The first-order chi connectivity index (χ1) is 8.42. The molecule has 1 heterocycles. The maximum Gasteiger partial charge on any atom is 0.357 e. The van der Waals surface area contributed by atoms with Crippen LogP contribution in [0.3, 0.4) is 0 Å². The van der Waals surface area contributed by atoms with Gasteiger partial charge in [-0.05, 0) is 0 Å². The van der Waals surface area contributed by atoms with E-state index in [1.165, 1.54) is 0 Å². The highest BCUT2D eigenvalue weighted by molar-refractivity contribution is 7.51. The summed E-state index contributed by atoms with van der Waals surface area (Å²) >= 11 is 0. The van der Waals surface area contributed by atoms with Gasteiger partial charge in [0.1, 0.15) is 6.54 Å². The molecule has 0 bridgehead atoms. The van der Waals surface area contributed by atoms with Crippen molar-refractivity contribution in [1.29, 1.82) is 5.26 Å². The first-order valence-corrected chi connectivity index (χ1v) is 7.22. The number of carbonyl (C=O) groups excluding carboxylic acids is 1. The maximum absolute atomic E-state index is 11.7. The number of ether oxygens (including phenoxy) is 1. The third-order valence-corrected chi connectivity index (χ3v) is 2.46. The van der Waals surface area contributed by atoms with Crippen LogP contribution in [0.1, 0.15) is 0 Å². The molecule has 1 fully saturated rings. The van der Waals surface area contributed by atoms with E-state index >= 15 is 0 Å². The predicted molar refractivity (Wildman–Crippen MR) is 60.1 cm³/mol. The van der Waals surface area contributed by atoms with Crippen LogP contribution in [0.5, 0.6) is 0 Å². The van der Waals surface area contributed by atoms with Crippen LogP contribution in [0, 0.1) is 11.3 Å². The van der Waals surface area contributed by atoms with Gasteiger partial charge in [0.05, 0.1) is 19.3 Å². The average molecular weight is 278 g/mol. The van der Waals surface area contributed by atoms with E-state index in [4.69, 9.17) is 14.9 Å². The van der Waals surface area contributed by atoms with E-state index in [1.807, 2.05) is 0 Å². The zero-order chi connectivity index (χ0) is 13.6. The summed E-state index contributed by atoms with van der Waals surface area (Å²) in [5.41, 5.74) is 2.46. The first-order valence-electron chi connectivity index (χ1n) is 5.20. The van der Waals surface area contributed by atoms with E-state index in [0.29, 0.717) is 31.4 Å². The number of hydrogen-bond donors (Lipinski definition) is 2. The standard InChI is InChI=1S/C8H15N4O5P/c1-18(14,15)17-12(3-2-9)8(13)10-11-4-6-16-7-5-11/h3-7H2,1H3,(H,10,13)(H,14,15). The fourth-order valence-electron chi connectivity index (χ4n) is 1.25. The highest BCUT2D eigenvalue weighted by Gasteiger charge is 2.24. The summed E-state index contributed by atoms with van der Waals surface area (Å²) in [5, 5.41) is 10.6. The molecule has 0 saturated carbocycles. The zero-order valence-corrected chi connectivity index (χ0v) is 10.8. The molecule has 102 valence electrons. The van der Waals surface area contributed by atoms with Crippen molar-refractivity contribution in [3.8, 4) is 6.07 Å². The number of amides is 2. The van der Waals surface area contributed by atoms with Gasteiger partial charge < -0.3 is 9.63 Å². The molecule has 1 aliphatic rings. The molecule has 0 aromatic heterocycles. The van der Waals surface area contributed by atoms with Crippen molar-refractivity contribution in [2.75, 3.05) is 39.5 Å². The molecule has 1 atom stereocenters. The second-order valence-electron chi connectivity index (χ2n) is 3.60. The molecule has 2 N–H and O–H groups in total. The SMILES string of the molecule is CP(=O)(O)ON(CC#N)C(=O)NN1CCOCC1. The Morgan fingerprint density at radius 1 is 1.67 bits per heavy atom. The van der Waals surface area contributed by atoms with E-state index in [-0.39, 0.29) is 0 Å². The number of morpholine rings is 1. The number of hydrazine groups is 1. The lowest BCUT2D eigenvalue weighted by Gasteiger charge is -2.29. The summed E-state index contributed by atoms with van der Waals surface area (Å²) in [6.45, 7) is 2.43. The van der Waals surface area contributed by atoms with Crippen molar-refractivity contribution in [3.05, 3.63) is 0 Å². The van der Waals surface area contributed by atoms with Gasteiger partial charge in [-0.15, -0.1) is 0 Å². The van der Waals surface area contributed by atoms with Crippen molar-refractivity contribution >= 4 is 13.6 Å². The molecule has 1 unspecified atom stereocenters. The number of nitrogens with one attached hydrogen (secondary N) is 1. The van der Waals surface area contributed by atoms with Crippen molar-refractivity contribution in [2.45, 2.75) is 0 Å². The fourth-order valence-corrected chi connectivity index (χ4v) is 1.75. The molecule has 18 heavy (non-hydrogen) atoms. The molecule has 1 aliphatic heterocycles. The normalized spacial score (nSPS) is 19.6. The minimum Gasteiger partial charge on any atom is -0.379 e. The summed E-state index contributed by atoms with van der Waals surface area (Å²) in [4.78, 5) is 20.7. The van der Waals surface area contributed by atoms with Gasteiger partial charge in [-0.1, -0.05) is 0 Å². The Bertz CT molecular complexity index is 372. The predicted octanol–water partition coefficient (Wildman–Crippen LogP) is -0.484. The maximum atomic E-state index is 11.7. The number of rotatable bonds is 4. The van der Waals surface area contributed by atoms with E-state index in [9.17, 15) is 9.36 Å². The van der Waals surface area contributed by atoms with Crippen LogP contribution in [0.4, 0.5) is 4.79 Å². The molecule has 0 aromatic carbocycles. The van der Waals surface area contributed by atoms with E-state index < -0.39 is 20.2 Å². The summed E-state index contributed by atoms with van der Waals surface area (Å²) in [7, 11) is -3.89. The Morgan fingerprint density at radius 2 is 2.28 bits per heavy atom. The molecule has 2 amide bonds. The van der Waals surface area contributed by atoms with Gasteiger partial charge in [-0.2, -0.15) is 14.9 Å². The van der Waals surface area contributed by atoms with Crippen molar-refractivity contribution in [3.63, 3.8) is 0 Å². The Balaban J connectivity index is 2.53. The second kappa shape index (κ2) is 6.68. The van der Waals surface area contributed by atoms with Crippen LogP contribution < -0.4 is 5.43 Å². The van der Waals surface area contributed by atoms with Gasteiger partial charge in [0, 0.05) is 19.8 Å². The van der Waals surface area contributed by atoms with Gasteiger partial charge >= 0.3 is 13.6 Å². The number of nitriles is 1. The number of hydroxylamine groups is 2. The van der Waals surface area contributed by atoms with Crippen molar-refractivity contribution in [1.82, 2.24) is 15.5 Å². The van der Waals surface area contributed by atoms with Crippen molar-refractivity contribution in [2.24, 2.45) is 0 Å². The number of carbonyl (C=O) groups is 1. The molecule has 0 radical (unpaired) electrons. The lowest BCUT2D eigenvalue weighted by atomic mass is 10.5. The molecule has 0 aliphatic carbocycles. The van der Waals surface area contributed by atoms with Crippen LogP contribution in [-0.4, -0.2) is 60.5 Å². The van der Waals surface area contributed by atoms with E-state index in [1.54, 1.807) is 11.1 Å². The van der Waals surface area contributed by atoms with Gasteiger partial charge in [0.2, 0.25) is 0 Å².